The lowest BCUT2D eigenvalue weighted by Crippen LogP contribution is -2.38. The highest BCUT2D eigenvalue weighted by Gasteiger charge is 2.54. The number of hydrogen-bond donors (Lipinski definition) is 2. The third-order valence-electron chi connectivity index (χ3n) is 7.80. The predicted molar refractivity (Wildman–Crippen MR) is 162 cm³/mol. The van der Waals surface area contributed by atoms with E-state index < -0.39 is 36.1 Å². The number of amides is 1. The molecule has 3 aromatic carbocycles. The van der Waals surface area contributed by atoms with Gasteiger partial charge in [-0.15, -0.1) is 13.2 Å². The van der Waals surface area contributed by atoms with Gasteiger partial charge in [0.1, 0.15) is 17.5 Å². The molecule has 3 aromatic rings. The number of carbonyl (C=O) groups excluding carboxylic acids is 1. The number of oxime groups is 1. The second-order valence-electron chi connectivity index (χ2n) is 11.4. The summed E-state index contributed by atoms with van der Waals surface area (Å²) in [6.45, 7) is 3.71. The first kappa shape index (κ1) is 32.0. The van der Waals surface area contributed by atoms with Crippen molar-refractivity contribution in [2.24, 2.45) is 11.1 Å². The molecule has 2 atom stereocenters. The molecule has 2 unspecified atom stereocenters. The van der Waals surface area contributed by atoms with Crippen molar-refractivity contribution in [3.05, 3.63) is 82.4 Å². The van der Waals surface area contributed by atoms with Crippen LogP contribution in [0.2, 0.25) is 5.02 Å². The molecule has 2 aliphatic rings. The van der Waals surface area contributed by atoms with Gasteiger partial charge in [-0.3, -0.25) is 4.79 Å². The van der Waals surface area contributed by atoms with E-state index in [-0.39, 0.29) is 11.3 Å². The highest BCUT2D eigenvalue weighted by atomic mass is 35.5. The second-order valence-corrected chi connectivity index (χ2v) is 11.8. The van der Waals surface area contributed by atoms with Gasteiger partial charge in [0.25, 0.3) is 5.91 Å². The van der Waals surface area contributed by atoms with Crippen LogP contribution in [0.1, 0.15) is 49.4 Å². The van der Waals surface area contributed by atoms with Gasteiger partial charge in [0, 0.05) is 46.3 Å². The van der Waals surface area contributed by atoms with E-state index >= 15 is 0 Å². The number of halogens is 4. The molecule has 13 heteroatoms. The Bertz CT molecular complexity index is 1610. The molecular formula is C32H31ClF3N3O6. The van der Waals surface area contributed by atoms with Gasteiger partial charge in [0.15, 0.2) is 0 Å². The Hall–Kier alpha value is -4.45. The van der Waals surface area contributed by atoms with Crippen LogP contribution in [0, 0.1) is 5.92 Å². The van der Waals surface area contributed by atoms with Crippen LogP contribution in [0.5, 0.6) is 11.5 Å². The molecule has 1 fully saturated rings. The minimum atomic E-state index is -4.88. The molecule has 5 rings (SSSR count). The molecule has 0 saturated heterocycles. The van der Waals surface area contributed by atoms with Gasteiger partial charge in [0.2, 0.25) is 6.10 Å². The van der Waals surface area contributed by atoms with Gasteiger partial charge in [0.05, 0.1) is 19.0 Å². The first-order chi connectivity index (χ1) is 21.3. The van der Waals surface area contributed by atoms with Gasteiger partial charge in [-0.1, -0.05) is 48.8 Å². The summed E-state index contributed by atoms with van der Waals surface area (Å²) in [4.78, 5) is 32.5. The molecule has 45 heavy (non-hydrogen) atoms. The van der Waals surface area contributed by atoms with Crippen LogP contribution in [0.3, 0.4) is 0 Å². The van der Waals surface area contributed by atoms with Crippen LogP contribution >= 0.6 is 11.6 Å². The van der Waals surface area contributed by atoms with Crippen molar-refractivity contribution >= 4 is 41.1 Å². The zero-order chi connectivity index (χ0) is 32.5. The number of rotatable bonds is 11. The smallest absolute Gasteiger partial charge is 0.497 e. The number of nitrogens with one attached hydrogen (secondary N) is 1. The van der Waals surface area contributed by atoms with Gasteiger partial charge < -0.3 is 29.6 Å². The Kier molecular flexibility index (Phi) is 8.88. The highest BCUT2D eigenvalue weighted by molar-refractivity contribution is 6.30. The Balaban J connectivity index is 1.48. The number of carbonyl (C=O) groups is 2. The molecule has 0 bridgehead atoms. The molecule has 1 amide bonds. The zero-order valence-electron chi connectivity index (χ0n) is 24.6. The number of benzene rings is 3. The topological polar surface area (TPSA) is 110 Å². The Morgan fingerprint density at radius 2 is 1.78 bits per heavy atom. The van der Waals surface area contributed by atoms with Crippen LogP contribution in [-0.4, -0.2) is 49.3 Å². The van der Waals surface area contributed by atoms with E-state index in [9.17, 15) is 27.9 Å². The third kappa shape index (κ3) is 7.28. The Morgan fingerprint density at radius 3 is 2.38 bits per heavy atom. The first-order valence-corrected chi connectivity index (χ1v) is 14.5. The van der Waals surface area contributed by atoms with E-state index in [1.807, 2.05) is 0 Å². The number of methoxy groups -OCH3 is 1. The number of carboxylic acid groups (broad SMARTS) is 1. The number of alkyl halides is 3. The van der Waals surface area contributed by atoms with Crippen LogP contribution in [0.25, 0.3) is 0 Å². The monoisotopic (exact) mass is 645 g/mol. The third-order valence-corrected chi connectivity index (χ3v) is 8.05. The van der Waals surface area contributed by atoms with Crippen molar-refractivity contribution in [2.75, 3.05) is 23.9 Å². The quantitative estimate of drug-likeness (QED) is 0.172. The molecule has 0 aromatic heterocycles. The van der Waals surface area contributed by atoms with E-state index in [4.69, 9.17) is 21.2 Å². The lowest BCUT2D eigenvalue weighted by Gasteiger charge is -2.27. The fourth-order valence-electron chi connectivity index (χ4n) is 5.40. The van der Waals surface area contributed by atoms with E-state index in [1.165, 1.54) is 30.4 Å². The zero-order valence-corrected chi connectivity index (χ0v) is 25.4. The normalized spacial score (nSPS) is 16.4. The molecule has 1 heterocycles. The van der Waals surface area contributed by atoms with E-state index in [0.29, 0.717) is 39.8 Å². The molecular weight excluding hydrogens is 615 g/mol. The van der Waals surface area contributed by atoms with E-state index in [2.05, 4.69) is 15.2 Å². The number of fused-ring (bicyclic) bond motifs is 2. The maximum absolute atomic E-state index is 14.4. The Morgan fingerprint density at radius 1 is 1.07 bits per heavy atom. The van der Waals surface area contributed by atoms with E-state index in [0.717, 1.165) is 18.4 Å². The van der Waals surface area contributed by atoms with Crippen molar-refractivity contribution in [3.63, 3.8) is 0 Å². The standard InChI is InChI=1S/C32H31ClF3N3O6/c1-18(2)28(30(41)42)45-37-16-19-12-22(14-24(13-19)43-3)38-27(20-4-6-21(33)7-5-20)29(40)39-17-31(10-11-31)25-9-8-23(15-26(25)39)44-32(34,35)36/h4-9,12-16,18,27-28,38H,10-11,17H2,1-3H3,(H,41,42). The van der Waals surface area contributed by atoms with Crippen molar-refractivity contribution in [1.29, 1.82) is 0 Å². The molecule has 1 saturated carbocycles. The summed E-state index contributed by atoms with van der Waals surface area (Å²) in [5.41, 5.74) is 2.38. The molecule has 1 aliphatic heterocycles. The maximum atomic E-state index is 14.4. The summed E-state index contributed by atoms with van der Waals surface area (Å²) >= 11 is 6.13. The summed E-state index contributed by atoms with van der Waals surface area (Å²) in [6, 6.07) is 14.8. The number of ether oxygens (including phenoxy) is 2. The average Bonchev–Trinajstić information content (AvgIpc) is 3.68. The predicted octanol–water partition coefficient (Wildman–Crippen LogP) is 6.94. The molecule has 2 N–H and O–H groups in total. The molecule has 9 nitrogen and oxygen atoms in total. The summed E-state index contributed by atoms with van der Waals surface area (Å²) in [5.74, 6) is -1.86. The van der Waals surface area contributed by atoms with Crippen LogP contribution in [0.15, 0.2) is 65.8 Å². The molecule has 1 aliphatic carbocycles. The number of nitrogens with zero attached hydrogens (tertiary/aromatic N) is 2. The van der Waals surface area contributed by atoms with Crippen molar-refractivity contribution in [3.8, 4) is 11.5 Å². The average molecular weight is 646 g/mol. The van der Waals surface area contributed by atoms with Crippen LogP contribution < -0.4 is 19.7 Å². The van der Waals surface area contributed by atoms with Crippen LogP contribution in [0.4, 0.5) is 24.5 Å². The largest absolute Gasteiger partial charge is 0.573 e. The summed E-state index contributed by atoms with van der Waals surface area (Å²) in [5, 5.41) is 16.9. The highest BCUT2D eigenvalue weighted by Crippen LogP contribution is 2.57. The lowest BCUT2D eigenvalue weighted by molar-refractivity contribution is -0.274. The Labute approximate surface area is 262 Å². The minimum Gasteiger partial charge on any atom is -0.497 e. The maximum Gasteiger partial charge on any atom is 0.573 e. The fourth-order valence-corrected chi connectivity index (χ4v) is 5.53. The first-order valence-electron chi connectivity index (χ1n) is 14.1. The minimum absolute atomic E-state index is 0.310. The number of hydrogen-bond acceptors (Lipinski definition) is 7. The van der Waals surface area contributed by atoms with Gasteiger partial charge >= 0.3 is 12.3 Å². The fraction of sp³-hybridized carbons (Fsp3) is 0.344. The van der Waals surface area contributed by atoms with Crippen LogP contribution in [-0.2, 0) is 19.8 Å². The van der Waals surface area contributed by atoms with Crippen molar-refractivity contribution in [2.45, 2.75) is 50.6 Å². The summed E-state index contributed by atoms with van der Waals surface area (Å²) in [7, 11) is 1.47. The number of carboxylic acids is 1. The lowest BCUT2D eigenvalue weighted by atomic mass is 9.99. The van der Waals surface area contributed by atoms with Gasteiger partial charge in [-0.2, -0.15) is 0 Å². The molecule has 0 radical (unpaired) electrons. The molecule has 1 spiro atoms. The van der Waals surface area contributed by atoms with Gasteiger partial charge in [-0.05, 0) is 54.3 Å². The number of aliphatic carboxylic acids is 1. The van der Waals surface area contributed by atoms with E-state index in [1.54, 1.807) is 62.4 Å². The summed E-state index contributed by atoms with van der Waals surface area (Å²) in [6.07, 6.45) is -3.07. The SMILES string of the molecule is COc1cc(C=NOC(C(=O)O)C(C)C)cc(NC(C(=O)N2CC3(CC3)c3ccc(OC(F)(F)F)cc32)c2ccc(Cl)cc2)c1. The number of anilines is 2. The van der Waals surface area contributed by atoms with Crippen molar-refractivity contribution < 1.29 is 42.2 Å². The second kappa shape index (κ2) is 12.5. The van der Waals surface area contributed by atoms with Gasteiger partial charge in [-0.25, -0.2) is 4.79 Å². The summed E-state index contributed by atoms with van der Waals surface area (Å²) < 4.78 is 48.7. The van der Waals surface area contributed by atoms with Crippen molar-refractivity contribution in [1.82, 2.24) is 0 Å². The molecule has 238 valence electrons.